The lowest BCUT2D eigenvalue weighted by Crippen LogP contribution is -2.55. The third-order valence-electron chi connectivity index (χ3n) is 4.76. The van der Waals surface area contributed by atoms with Gasteiger partial charge in [-0.1, -0.05) is 54.1 Å². The molecule has 4 N–H and O–H groups in total. The predicted octanol–water partition coefficient (Wildman–Crippen LogP) is 1.21. The zero-order valence-corrected chi connectivity index (χ0v) is 17.8. The maximum Gasteiger partial charge on any atom is 0.475 e. The summed E-state index contributed by atoms with van der Waals surface area (Å²) in [6, 6.07) is 15.0. The average Bonchev–Trinajstić information content (AvgIpc) is 2.80. The number of nitrogens with one attached hydrogen (secondary N) is 2. The van der Waals surface area contributed by atoms with E-state index < -0.39 is 30.9 Å². The Morgan fingerprint density at radius 2 is 1.62 bits per heavy atom. The second-order valence-electron chi connectivity index (χ2n) is 7.17. The zero-order valence-electron chi connectivity index (χ0n) is 17.1. The fourth-order valence-corrected chi connectivity index (χ4v) is 3.22. The molecule has 3 aromatic rings. The van der Waals surface area contributed by atoms with Crippen LogP contribution in [0.3, 0.4) is 0 Å². The van der Waals surface area contributed by atoms with Crippen LogP contribution in [0.4, 0.5) is 0 Å². The van der Waals surface area contributed by atoms with E-state index in [2.05, 4.69) is 20.6 Å². The van der Waals surface area contributed by atoms with E-state index in [4.69, 9.17) is 11.6 Å². The first-order chi connectivity index (χ1) is 15.4. The van der Waals surface area contributed by atoms with Crippen molar-refractivity contribution in [1.29, 1.82) is 0 Å². The lowest BCUT2D eigenvalue weighted by atomic mass is 9.75. The minimum atomic E-state index is -1.80. The maximum absolute atomic E-state index is 13.1. The third-order valence-corrected chi connectivity index (χ3v) is 5.01. The van der Waals surface area contributed by atoms with Crippen LogP contribution in [0.1, 0.15) is 21.6 Å². The topological polar surface area (TPSA) is 124 Å². The monoisotopic (exact) mass is 452 g/mol. The molecule has 0 aliphatic rings. The molecule has 0 spiro atoms. The maximum atomic E-state index is 13.1. The van der Waals surface area contributed by atoms with Crippen molar-refractivity contribution in [2.24, 2.45) is 0 Å². The highest BCUT2D eigenvalue weighted by molar-refractivity contribution is 6.43. The fraction of sp³-hybridized carbons (Fsp3) is 0.182. The summed E-state index contributed by atoms with van der Waals surface area (Å²) >= 11 is 5.89. The van der Waals surface area contributed by atoms with Gasteiger partial charge in [-0.25, -0.2) is 4.98 Å². The molecule has 2 amide bonds. The molecule has 1 heterocycles. The molecule has 0 bridgehead atoms. The summed E-state index contributed by atoms with van der Waals surface area (Å²) in [6.07, 6.45) is 4.48. The largest absolute Gasteiger partial charge is 0.475 e. The van der Waals surface area contributed by atoms with Gasteiger partial charge in [0.2, 0.25) is 5.91 Å². The van der Waals surface area contributed by atoms with Crippen LogP contribution >= 0.6 is 11.6 Å². The normalized spacial score (nSPS) is 12.5. The molecule has 8 nitrogen and oxygen atoms in total. The van der Waals surface area contributed by atoms with Crippen LogP contribution in [0.15, 0.2) is 73.2 Å². The summed E-state index contributed by atoms with van der Waals surface area (Å²) in [6.45, 7) is 0. The number of hydrogen-bond acceptors (Lipinski definition) is 6. The molecule has 164 valence electrons. The van der Waals surface area contributed by atoms with Crippen molar-refractivity contribution in [1.82, 2.24) is 20.6 Å². The van der Waals surface area contributed by atoms with E-state index in [1.807, 2.05) is 30.3 Å². The number of carbonyl (C=O) groups is 2. The van der Waals surface area contributed by atoms with Gasteiger partial charge in [0, 0.05) is 23.8 Å². The fourth-order valence-electron chi connectivity index (χ4n) is 3.10. The van der Waals surface area contributed by atoms with Crippen molar-refractivity contribution in [3.63, 3.8) is 0 Å². The number of halogens is 1. The predicted molar refractivity (Wildman–Crippen MR) is 121 cm³/mol. The van der Waals surface area contributed by atoms with Crippen LogP contribution in [0.25, 0.3) is 0 Å². The van der Waals surface area contributed by atoms with Crippen molar-refractivity contribution in [2.45, 2.75) is 24.8 Å². The first-order valence-corrected chi connectivity index (χ1v) is 10.3. The molecule has 10 heteroatoms. The minimum absolute atomic E-state index is 0.0678. The van der Waals surface area contributed by atoms with Gasteiger partial charge in [-0.05, 0) is 29.7 Å². The summed E-state index contributed by atoms with van der Waals surface area (Å²) in [4.78, 5) is 33.5. The van der Waals surface area contributed by atoms with Gasteiger partial charge < -0.3 is 20.7 Å². The average molecular weight is 453 g/mol. The molecule has 1 aromatic heterocycles. The van der Waals surface area contributed by atoms with Gasteiger partial charge in [-0.2, -0.15) is 0 Å². The van der Waals surface area contributed by atoms with E-state index in [1.54, 1.807) is 24.3 Å². The highest BCUT2D eigenvalue weighted by atomic mass is 35.5. The minimum Gasteiger partial charge on any atom is -0.426 e. The Morgan fingerprint density at radius 1 is 0.938 bits per heavy atom. The standard InChI is InChI=1S/C22H22BClN4O4/c24-17-8-6-16(7-9-17)13-20(23(31)32)28-21(29)18(12-15-4-2-1-3-5-15)27-22(30)19-14-25-10-11-26-19/h1-11,14,18,20,31-32H,12-13H2,(H,27,30)(H,28,29)/t18-,20-/m0/s1. The van der Waals surface area contributed by atoms with Crippen LogP contribution in [0, 0.1) is 0 Å². The summed E-state index contributed by atoms with van der Waals surface area (Å²) in [5, 5.41) is 25.5. The Morgan fingerprint density at radius 3 is 2.25 bits per heavy atom. The molecule has 0 aliphatic heterocycles. The summed E-state index contributed by atoms with van der Waals surface area (Å²) in [5.41, 5.74) is 1.65. The Labute approximate surface area is 190 Å². The van der Waals surface area contributed by atoms with Crippen LogP contribution in [-0.4, -0.2) is 50.9 Å². The lowest BCUT2D eigenvalue weighted by Gasteiger charge is -2.23. The first-order valence-electron chi connectivity index (χ1n) is 9.94. The van der Waals surface area contributed by atoms with Gasteiger partial charge in [0.25, 0.3) is 5.91 Å². The number of hydrogen-bond donors (Lipinski definition) is 4. The Balaban J connectivity index is 1.76. The molecule has 0 fully saturated rings. The molecule has 3 rings (SSSR count). The Hall–Kier alpha value is -3.27. The van der Waals surface area contributed by atoms with Crippen molar-refractivity contribution < 1.29 is 19.6 Å². The van der Waals surface area contributed by atoms with Crippen LogP contribution in [0.2, 0.25) is 5.02 Å². The van der Waals surface area contributed by atoms with E-state index >= 15 is 0 Å². The van der Waals surface area contributed by atoms with Crippen LogP contribution < -0.4 is 10.6 Å². The Kier molecular flexibility index (Phi) is 8.32. The smallest absolute Gasteiger partial charge is 0.426 e. The number of rotatable bonds is 9. The van der Waals surface area contributed by atoms with Crippen molar-refractivity contribution >= 4 is 30.5 Å². The quantitative estimate of drug-likeness (QED) is 0.362. The second-order valence-corrected chi connectivity index (χ2v) is 7.60. The third kappa shape index (κ3) is 6.88. The van der Waals surface area contributed by atoms with Gasteiger partial charge in [-0.15, -0.1) is 0 Å². The molecule has 32 heavy (non-hydrogen) atoms. The second kappa shape index (κ2) is 11.4. The van der Waals surface area contributed by atoms with Gasteiger partial charge in [0.15, 0.2) is 0 Å². The first kappa shape index (κ1) is 23.4. The zero-order chi connectivity index (χ0) is 22.9. The molecule has 0 saturated carbocycles. The van der Waals surface area contributed by atoms with Gasteiger partial charge in [0.05, 0.1) is 12.1 Å². The van der Waals surface area contributed by atoms with Crippen LogP contribution in [-0.2, 0) is 17.6 Å². The number of carbonyl (C=O) groups excluding carboxylic acids is 2. The molecule has 0 unspecified atom stereocenters. The summed E-state index contributed by atoms with van der Waals surface area (Å²) in [7, 11) is -1.80. The molecule has 0 radical (unpaired) electrons. The molecular formula is C22H22BClN4O4. The van der Waals surface area contributed by atoms with Crippen molar-refractivity contribution in [3.05, 3.63) is 95.0 Å². The van der Waals surface area contributed by atoms with Crippen molar-refractivity contribution in [2.75, 3.05) is 0 Å². The van der Waals surface area contributed by atoms with Gasteiger partial charge >= 0.3 is 7.12 Å². The highest BCUT2D eigenvalue weighted by Crippen LogP contribution is 2.12. The summed E-state index contributed by atoms with van der Waals surface area (Å²) < 4.78 is 0. The van der Waals surface area contributed by atoms with E-state index in [-0.39, 0.29) is 18.5 Å². The number of aromatic nitrogens is 2. The number of amides is 2. The van der Waals surface area contributed by atoms with Gasteiger partial charge in [-0.3, -0.25) is 14.6 Å². The molecule has 2 aromatic carbocycles. The lowest BCUT2D eigenvalue weighted by molar-refractivity contribution is -0.123. The molecular weight excluding hydrogens is 431 g/mol. The number of nitrogens with zero attached hydrogens (tertiary/aromatic N) is 2. The molecule has 0 aliphatic carbocycles. The van der Waals surface area contributed by atoms with E-state index in [9.17, 15) is 19.6 Å². The van der Waals surface area contributed by atoms with Crippen molar-refractivity contribution in [3.8, 4) is 0 Å². The van der Waals surface area contributed by atoms with E-state index in [0.29, 0.717) is 5.02 Å². The Bertz CT molecular complexity index is 1020. The summed E-state index contributed by atoms with van der Waals surface area (Å²) in [5.74, 6) is -2.11. The number of benzene rings is 2. The highest BCUT2D eigenvalue weighted by Gasteiger charge is 2.30. The van der Waals surface area contributed by atoms with Crippen LogP contribution in [0.5, 0.6) is 0 Å². The molecule has 0 saturated heterocycles. The van der Waals surface area contributed by atoms with E-state index in [1.165, 1.54) is 18.6 Å². The van der Waals surface area contributed by atoms with Gasteiger partial charge in [0.1, 0.15) is 11.7 Å². The molecule has 2 atom stereocenters. The SMILES string of the molecule is O=C(N[C@@H](Cc1ccccc1)C(=O)N[C@@H](Cc1ccc(Cl)cc1)B(O)O)c1cnccn1. The van der Waals surface area contributed by atoms with E-state index in [0.717, 1.165) is 11.1 Å².